The monoisotopic (exact) mass is 381 g/mol. The fourth-order valence-corrected chi connectivity index (χ4v) is 4.66. The average Bonchev–Trinajstić information content (AvgIpc) is 3.03. The topological polar surface area (TPSA) is 71.0 Å². The van der Waals surface area contributed by atoms with Crippen molar-refractivity contribution in [3.8, 4) is 0 Å². The third-order valence-electron chi connectivity index (χ3n) is 4.90. The summed E-state index contributed by atoms with van der Waals surface area (Å²) in [6.45, 7) is 6.37. The van der Waals surface area contributed by atoms with E-state index in [1.807, 2.05) is 32.0 Å². The van der Waals surface area contributed by atoms with Crippen molar-refractivity contribution in [2.24, 2.45) is 0 Å². The SMILES string of the molecule is Cc1nc(N2CCCCC2)c2c(C)c(C(=O)NCc3ccccn3)sc2n1. The van der Waals surface area contributed by atoms with Gasteiger partial charge in [0.15, 0.2) is 0 Å². The molecule has 1 aliphatic rings. The van der Waals surface area contributed by atoms with E-state index in [0.29, 0.717) is 11.4 Å². The molecule has 4 heterocycles. The molecule has 0 atom stereocenters. The summed E-state index contributed by atoms with van der Waals surface area (Å²) in [7, 11) is 0. The van der Waals surface area contributed by atoms with E-state index < -0.39 is 0 Å². The lowest BCUT2D eigenvalue weighted by Crippen LogP contribution is -2.30. The van der Waals surface area contributed by atoms with Gasteiger partial charge in [0.1, 0.15) is 16.5 Å². The number of aromatic nitrogens is 3. The van der Waals surface area contributed by atoms with Gasteiger partial charge in [-0.25, -0.2) is 9.97 Å². The lowest BCUT2D eigenvalue weighted by Gasteiger charge is -2.28. The quantitative estimate of drug-likeness (QED) is 0.747. The summed E-state index contributed by atoms with van der Waals surface area (Å²) in [5.41, 5.74) is 1.81. The van der Waals surface area contributed by atoms with E-state index in [4.69, 9.17) is 4.98 Å². The number of carbonyl (C=O) groups is 1. The van der Waals surface area contributed by atoms with E-state index in [0.717, 1.165) is 46.2 Å². The largest absolute Gasteiger partial charge is 0.356 e. The Kier molecular flexibility index (Phi) is 5.03. The van der Waals surface area contributed by atoms with Crippen molar-refractivity contribution in [1.29, 1.82) is 0 Å². The highest BCUT2D eigenvalue weighted by atomic mass is 32.1. The van der Waals surface area contributed by atoms with Crippen molar-refractivity contribution in [1.82, 2.24) is 20.3 Å². The number of aryl methyl sites for hydroxylation is 2. The highest BCUT2D eigenvalue weighted by Crippen LogP contribution is 2.36. The predicted octanol–water partition coefficient (Wildman–Crippen LogP) is 3.62. The molecule has 3 aromatic rings. The Morgan fingerprint density at radius 3 is 2.74 bits per heavy atom. The molecule has 0 bridgehead atoms. The molecule has 0 spiro atoms. The van der Waals surface area contributed by atoms with E-state index >= 15 is 0 Å². The molecular weight excluding hydrogens is 358 g/mol. The molecule has 6 nitrogen and oxygen atoms in total. The zero-order chi connectivity index (χ0) is 18.8. The number of nitrogens with zero attached hydrogens (tertiary/aromatic N) is 4. The first-order valence-electron chi connectivity index (χ1n) is 9.34. The minimum absolute atomic E-state index is 0.0802. The molecule has 0 aliphatic carbocycles. The standard InChI is InChI=1S/C20H23N5OS/c1-13-16-18(25-10-6-3-7-11-25)23-14(2)24-20(16)27-17(13)19(26)22-12-15-8-4-5-9-21-15/h4-5,8-9H,3,6-7,10-12H2,1-2H3,(H,22,26). The van der Waals surface area contributed by atoms with Crippen LogP contribution in [0.5, 0.6) is 0 Å². The second-order valence-electron chi connectivity index (χ2n) is 6.88. The number of anilines is 1. The highest BCUT2D eigenvalue weighted by molar-refractivity contribution is 7.20. The number of fused-ring (bicyclic) bond motifs is 1. The summed E-state index contributed by atoms with van der Waals surface area (Å²) in [5, 5.41) is 4.00. The maximum absolute atomic E-state index is 12.8. The van der Waals surface area contributed by atoms with Gasteiger partial charge >= 0.3 is 0 Å². The molecule has 0 unspecified atom stereocenters. The third kappa shape index (κ3) is 3.64. The zero-order valence-corrected chi connectivity index (χ0v) is 16.5. The van der Waals surface area contributed by atoms with E-state index in [1.165, 1.54) is 30.6 Å². The first-order valence-corrected chi connectivity index (χ1v) is 10.2. The smallest absolute Gasteiger partial charge is 0.262 e. The number of piperidine rings is 1. The molecule has 3 aromatic heterocycles. The molecule has 27 heavy (non-hydrogen) atoms. The van der Waals surface area contributed by atoms with Crippen molar-refractivity contribution < 1.29 is 4.79 Å². The molecule has 140 valence electrons. The van der Waals surface area contributed by atoms with Crippen LogP contribution in [0.25, 0.3) is 10.2 Å². The summed E-state index contributed by atoms with van der Waals surface area (Å²) in [5.74, 6) is 1.66. The van der Waals surface area contributed by atoms with Crippen molar-refractivity contribution in [3.05, 3.63) is 46.4 Å². The molecule has 1 N–H and O–H groups in total. The predicted molar refractivity (Wildman–Crippen MR) is 108 cm³/mol. The van der Waals surface area contributed by atoms with Crippen molar-refractivity contribution in [2.75, 3.05) is 18.0 Å². The van der Waals surface area contributed by atoms with E-state index in [1.54, 1.807) is 6.20 Å². The van der Waals surface area contributed by atoms with Gasteiger partial charge in [-0.05, 0) is 50.8 Å². The van der Waals surface area contributed by atoms with Crippen LogP contribution in [0.15, 0.2) is 24.4 Å². The van der Waals surface area contributed by atoms with Gasteiger partial charge in [-0.15, -0.1) is 11.3 Å². The number of hydrogen-bond donors (Lipinski definition) is 1. The van der Waals surface area contributed by atoms with E-state index in [2.05, 4.69) is 20.2 Å². The van der Waals surface area contributed by atoms with Gasteiger partial charge in [-0.3, -0.25) is 9.78 Å². The first kappa shape index (κ1) is 17.9. The van der Waals surface area contributed by atoms with Gasteiger partial charge in [-0.2, -0.15) is 0 Å². The van der Waals surface area contributed by atoms with Gasteiger partial charge in [0.2, 0.25) is 0 Å². The zero-order valence-electron chi connectivity index (χ0n) is 15.7. The Bertz CT molecular complexity index is 963. The Labute approximate surface area is 162 Å². The maximum Gasteiger partial charge on any atom is 0.262 e. The van der Waals surface area contributed by atoms with E-state index in [9.17, 15) is 4.79 Å². The fourth-order valence-electron chi connectivity index (χ4n) is 3.53. The second-order valence-corrected chi connectivity index (χ2v) is 7.88. The number of nitrogens with one attached hydrogen (secondary N) is 1. The first-order chi connectivity index (χ1) is 13.1. The number of amides is 1. The Hall–Kier alpha value is -2.54. The fraction of sp³-hybridized carbons (Fsp3) is 0.400. The van der Waals surface area contributed by atoms with Crippen LogP contribution in [0.4, 0.5) is 5.82 Å². The number of pyridine rings is 1. The van der Waals surface area contributed by atoms with Gasteiger partial charge in [-0.1, -0.05) is 6.07 Å². The van der Waals surface area contributed by atoms with Crippen LogP contribution in [0.3, 0.4) is 0 Å². The molecular formula is C20H23N5OS. The lowest BCUT2D eigenvalue weighted by atomic mass is 10.1. The van der Waals surface area contributed by atoms with Crippen molar-refractivity contribution >= 4 is 33.3 Å². The molecule has 4 rings (SSSR count). The summed E-state index contributed by atoms with van der Waals surface area (Å²) in [4.78, 5) is 30.3. The maximum atomic E-state index is 12.8. The van der Waals surface area contributed by atoms with Crippen LogP contribution in [0.2, 0.25) is 0 Å². The van der Waals surface area contributed by atoms with Crippen molar-refractivity contribution in [2.45, 2.75) is 39.7 Å². The molecule has 1 fully saturated rings. The van der Waals surface area contributed by atoms with Gasteiger partial charge in [0, 0.05) is 19.3 Å². The van der Waals surface area contributed by atoms with Crippen LogP contribution in [0, 0.1) is 13.8 Å². The number of carbonyl (C=O) groups excluding carboxylic acids is 1. The minimum Gasteiger partial charge on any atom is -0.356 e. The summed E-state index contributed by atoms with van der Waals surface area (Å²) in [6.07, 6.45) is 5.37. The summed E-state index contributed by atoms with van der Waals surface area (Å²) in [6, 6.07) is 5.69. The van der Waals surface area contributed by atoms with Crippen LogP contribution >= 0.6 is 11.3 Å². The normalized spacial score (nSPS) is 14.5. The molecule has 0 saturated carbocycles. The Balaban J connectivity index is 1.65. The van der Waals surface area contributed by atoms with Crippen LogP contribution in [-0.4, -0.2) is 33.9 Å². The molecule has 0 radical (unpaired) electrons. The molecule has 1 aliphatic heterocycles. The lowest BCUT2D eigenvalue weighted by molar-refractivity contribution is 0.0954. The molecule has 7 heteroatoms. The average molecular weight is 382 g/mol. The third-order valence-corrected chi connectivity index (χ3v) is 6.09. The summed E-state index contributed by atoms with van der Waals surface area (Å²) >= 11 is 1.45. The number of hydrogen-bond acceptors (Lipinski definition) is 6. The van der Waals surface area contributed by atoms with E-state index in [-0.39, 0.29) is 5.91 Å². The van der Waals surface area contributed by atoms with Gasteiger partial charge < -0.3 is 10.2 Å². The number of thiophene rings is 1. The number of rotatable bonds is 4. The van der Waals surface area contributed by atoms with Crippen LogP contribution < -0.4 is 10.2 Å². The molecule has 0 aromatic carbocycles. The second kappa shape index (κ2) is 7.60. The van der Waals surface area contributed by atoms with Crippen LogP contribution in [-0.2, 0) is 6.54 Å². The molecule has 1 amide bonds. The molecule has 1 saturated heterocycles. The van der Waals surface area contributed by atoms with Gasteiger partial charge in [0.05, 0.1) is 22.5 Å². The van der Waals surface area contributed by atoms with Crippen LogP contribution in [0.1, 0.15) is 46.0 Å². The van der Waals surface area contributed by atoms with Gasteiger partial charge in [0.25, 0.3) is 5.91 Å². The Morgan fingerprint density at radius 2 is 2.00 bits per heavy atom. The van der Waals surface area contributed by atoms with Crippen molar-refractivity contribution in [3.63, 3.8) is 0 Å². The summed E-state index contributed by atoms with van der Waals surface area (Å²) < 4.78 is 0. The Morgan fingerprint density at radius 1 is 1.19 bits per heavy atom. The highest BCUT2D eigenvalue weighted by Gasteiger charge is 2.23. The minimum atomic E-state index is -0.0802.